The highest BCUT2D eigenvalue weighted by Gasteiger charge is 2.32. The topological polar surface area (TPSA) is 71.3 Å². The normalized spacial score (nSPS) is 20.0. The van der Waals surface area contributed by atoms with Gasteiger partial charge in [-0.25, -0.2) is 8.78 Å². The summed E-state index contributed by atoms with van der Waals surface area (Å²) in [5, 5.41) is 11.9. The van der Waals surface area contributed by atoms with Crippen LogP contribution in [0.4, 0.5) is 8.78 Å². The minimum atomic E-state index is -1.27. The van der Waals surface area contributed by atoms with E-state index in [-0.39, 0.29) is 24.2 Å². The van der Waals surface area contributed by atoms with Crippen LogP contribution < -0.4 is 10.1 Å². The van der Waals surface area contributed by atoms with E-state index in [4.69, 9.17) is 9.47 Å². The molecule has 2 rings (SSSR count). The summed E-state index contributed by atoms with van der Waals surface area (Å²) in [6.45, 7) is 2.17. The zero-order chi connectivity index (χ0) is 16.2. The molecule has 1 aromatic rings. The molecule has 0 bridgehead atoms. The van der Waals surface area contributed by atoms with Gasteiger partial charge in [-0.3, -0.25) is 4.79 Å². The average molecular weight is 310 g/mol. The van der Waals surface area contributed by atoms with Crippen LogP contribution >= 0.6 is 0 Å². The molecule has 1 aromatic carbocycles. The molecule has 5 nitrogen and oxygen atoms in total. The Morgan fingerprint density at radius 3 is 2.91 bits per heavy atom. The summed E-state index contributed by atoms with van der Waals surface area (Å²) in [7, 11) is 0. The molecule has 0 radical (unpaired) electrons. The average Bonchev–Trinajstić information content (AvgIpc) is 3.03. The lowest BCUT2D eigenvalue weighted by atomic mass is 10.0. The zero-order valence-corrected chi connectivity index (χ0v) is 12.1. The minimum Gasteiger partial charge on any atom is -0.490 e. The summed E-state index contributed by atoms with van der Waals surface area (Å²) in [6.07, 6.45) is 0.609. The van der Waals surface area contributed by atoms with Gasteiger partial charge in [-0.15, -0.1) is 0 Å². The Kier molecular flexibility index (Phi) is 4.93. The highest BCUT2D eigenvalue weighted by molar-refractivity contribution is 5.80. The number of amides is 1. The van der Waals surface area contributed by atoms with Crippen molar-refractivity contribution < 1.29 is 23.0 Å². The fourth-order valence-corrected chi connectivity index (χ4v) is 2.01. The highest BCUT2D eigenvalue weighted by atomic mass is 19.2. The molecule has 1 amide bonds. The van der Waals surface area contributed by atoms with E-state index in [1.807, 2.05) is 6.07 Å². The molecule has 1 saturated heterocycles. The summed E-state index contributed by atoms with van der Waals surface area (Å²) < 4.78 is 36.3. The van der Waals surface area contributed by atoms with Crippen LogP contribution in [0.5, 0.6) is 5.75 Å². The fraction of sp³-hybridized carbons (Fsp3) is 0.467. The van der Waals surface area contributed by atoms with E-state index < -0.39 is 17.2 Å². The van der Waals surface area contributed by atoms with E-state index in [1.165, 1.54) is 13.0 Å². The van der Waals surface area contributed by atoms with Gasteiger partial charge in [0.15, 0.2) is 17.2 Å². The predicted octanol–water partition coefficient (Wildman–Crippen LogP) is 1.78. The molecule has 1 heterocycles. The van der Waals surface area contributed by atoms with Crippen molar-refractivity contribution in [3.63, 3.8) is 0 Å². The summed E-state index contributed by atoms with van der Waals surface area (Å²) in [5.41, 5.74) is -1.27. The number of nitrogens with zero attached hydrogens (tertiary/aromatic N) is 1. The van der Waals surface area contributed by atoms with Crippen LogP contribution in [0.15, 0.2) is 18.2 Å². The molecule has 22 heavy (non-hydrogen) atoms. The Morgan fingerprint density at radius 1 is 1.55 bits per heavy atom. The first kappa shape index (κ1) is 16.2. The van der Waals surface area contributed by atoms with Crippen molar-refractivity contribution >= 4 is 5.91 Å². The second-order valence-electron chi connectivity index (χ2n) is 5.36. The number of benzene rings is 1. The van der Waals surface area contributed by atoms with Crippen molar-refractivity contribution in [2.24, 2.45) is 5.92 Å². The second kappa shape index (κ2) is 6.71. The van der Waals surface area contributed by atoms with Gasteiger partial charge in [-0.1, -0.05) is 0 Å². The third-order valence-corrected chi connectivity index (χ3v) is 3.36. The minimum absolute atomic E-state index is 0.0822. The van der Waals surface area contributed by atoms with Crippen LogP contribution in [-0.4, -0.2) is 31.3 Å². The van der Waals surface area contributed by atoms with Gasteiger partial charge in [-0.2, -0.15) is 5.26 Å². The van der Waals surface area contributed by atoms with E-state index in [9.17, 15) is 18.8 Å². The van der Waals surface area contributed by atoms with Crippen LogP contribution in [0.25, 0.3) is 0 Å². The predicted molar refractivity (Wildman–Crippen MR) is 72.9 cm³/mol. The quantitative estimate of drug-likeness (QED) is 0.900. The monoisotopic (exact) mass is 310 g/mol. The Balaban J connectivity index is 1.96. The van der Waals surface area contributed by atoms with Gasteiger partial charge in [0.25, 0.3) is 0 Å². The molecule has 1 aliphatic rings. The van der Waals surface area contributed by atoms with Crippen LogP contribution in [0, 0.1) is 28.9 Å². The first-order valence-corrected chi connectivity index (χ1v) is 6.82. The number of ether oxygens (including phenoxy) is 2. The molecular weight excluding hydrogens is 294 g/mol. The lowest BCUT2D eigenvalue weighted by Crippen LogP contribution is -2.51. The number of carbonyl (C=O) groups excluding carboxylic acids is 1. The van der Waals surface area contributed by atoms with Crippen molar-refractivity contribution in [2.75, 3.05) is 19.8 Å². The number of hydrogen-bond acceptors (Lipinski definition) is 4. The van der Waals surface area contributed by atoms with E-state index in [0.29, 0.717) is 19.6 Å². The number of nitriles is 1. The number of rotatable bonds is 5. The van der Waals surface area contributed by atoms with E-state index in [1.54, 1.807) is 0 Å². The molecule has 2 atom stereocenters. The number of carbonyl (C=O) groups is 1. The Morgan fingerprint density at radius 2 is 2.32 bits per heavy atom. The lowest BCUT2D eigenvalue weighted by Gasteiger charge is -2.24. The number of hydrogen-bond donors (Lipinski definition) is 1. The smallest absolute Gasteiger partial charge is 0.226 e. The largest absolute Gasteiger partial charge is 0.490 e. The van der Waals surface area contributed by atoms with Gasteiger partial charge in [0, 0.05) is 12.7 Å². The van der Waals surface area contributed by atoms with Gasteiger partial charge in [0.05, 0.1) is 18.6 Å². The van der Waals surface area contributed by atoms with Gasteiger partial charge in [-0.05, 0) is 25.5 Å². The SMILES string of the molecule is CC(C#N)(COc1ccc(F)c(F)c1)NC(=O)C1CCOC1. The Labute approximate surface area is 126 Å². The zero-order valence-electron chi connectivity index (χ0n) is 12.1. The maximum atomic E-state index is 13.1. The molecule has 7 heteroatoms. The highest BCUT2D eigenvalue weighted by Crippen LogP contribution is 2.18. The van der Waals surface area contributed by atoms with Crippen molar-refractivity contribution in [3.05, 3.63) is 29.8 Å². The number of halogens is 2. The molecular formula is C15H16F2N2O3. The first-order valence-electron chi connectivity index (χ1n) is 6.82. The summed E-state index contributed by atoms with van der Waals surface area (Å²) in [4.78, 5) is 12.0. The molecule has 2 unspecified atom stereocenters. The fourth-order valence-electron chi connectivity index (χ4n) is 2.01. The number of nitrogens with one attached hydrogen (secondary N) is 1. The van der Waals surface area contributed by atoms with Gasteiger partial charge < -0.3 is 14.8 Å². The molecule has 0 aromatic heterocycles. The van der Waals surface area contributed by atoms with Crippen molar-refractivity contribution in [1.29, 1.82) is 5.26 Å². The van der Waals surface area contributed by atoms with Crippen molar-refractivity contribution in [3.8, 4) is 11.8 Å². The van der Waals surface area contributed by atoms with E-state index in [0.717, 1.165) is 12.1 Å². The molecule has 0 saturated carbocycles. The van der Waals surface area contributed by atoms with E-state index >= 15 is 0 Å². The summed E-state index contributed by atoms with van der Waals surface area (Å²) >= 11 is 0. The van der Waals surface area contributed by atoms with Gasteiger partial charge >= 0.3 is 0 Å². The molecule has 0 spiro atoms. The maximum absolute atomic E-state index is 13.1. The van der Waals surface area contributed by atoms with Crippen LogP contribution in [0.1, 0.15) is 13.3 Å². The van der Waals surface area contributed by atoms with Gasteiger partial charge in [0.1, 0.15) is 12.4 Å². The molecule has 1 N–H and O–H groups in total. The Hall–Kier alpha value is -2.20. The van der Waals surface area contributed by atoms with Crippen molar-refractivity contribution in [1.82, 2.24) is 5.32 Å². The summed E-state index contributed by atoms with van der Waals surface area (Å²) in [5.74, 6) is -2.50. The molecule has 118 valence electrons. The second-order valence-corrected chi connectivity index (χ2v) is 5.36. The first-order chi connectivity index (χ1) is 10.4. The van der Waals surface area contributed by atoms with Crippen LogP contribution in [0.3, 0.4) is 0 Å². The lowest BCUT2D eigenvalue weighted by molar-refractivity contribution is -0.126. The van der Waals surface area contributed by atoms with Crippen LogP contribution in [0.2, 0.25) is 0 Å². The van der Waals surface area contributed by atoms with Gasteiger partial charge in [0.2, 0.25) is 5.91 Å². The van der Waals surface area contributed by atoms with Crippen molar-refractivity contribution in [2.45, 2.75) is 18.9 Å². The molecule has 1 fully saturated rings. The standard InChI is InChI=1S/C15H16F2N2O3/c1-15(8-18,19-14(20)10-4-5-21-7-10)9-22-11-2-3-12(16)13(17)6-11/h2-3,6,10H,4-5,7,9H2,1H3,(H,19,20). The van der Waals surface area contributed by atoms with Crippen LogP contribution in [-0.2, 0) is 9.53 Å². The Bertz CT molecular complexity index is 597. The molecule has 1 aliphatic heterocycles. The third-order valence-electron chi connectivity index (χ3n) is 3.36. The van der Waals surface area contributed by atoms with E-state index in [2.05, 4.69) is 5.32 Å². The maximum Gasteiger partial charge on any atom is 0.226 e. The third kappa shape index (κ3) is 3.92. The summed E-state index contributed by atoms with van der Waals surface area (Å²) in [6, 6.07) is 5.04. The molecule has 0 aliphatic carbocycles.